The fourth-order valence-electron chi connectivity index (χ4n) is 1.78. The predicted octanol–water partition coefficient (Wildman–Crippen LogP) is 1.94. The van der Waals surface area contributed by atoms with E-state index in [1.54, 1.807) is 11.3 Å². The first kappa shape index (κ1) is 12.4. The largest absolute Gasteiger partial charge is 0.335 e. The molecule has 1 heterocycles. The lowest BCUT2D eigenvalue weighted by Gasteiger charge is -2.25. The van der Waals surface area contributed by atoms with E-state index in [4.69, 9.17) is 5.84 Å². The molecule has 0 radical (unpaired) electrons. The van der Waals surface area contributed by atoms with Gasteiger partial charge < -0.3 is 4.90 Å². The van der Waals surface area contributed by atoms with Crippen molar-refractivity contribution in [3.63, 3.8) is 0 Å². The highest BCUT2D eigenvalue weighted by molar-refractivity contribution is 7.07. The van der Waals surface area contributed by atoms with Crippen LogP contribution in [0.2, 0.25) is 0 Å². The molecule has 0 saturated heterocycles. The summed E-state index contributed by atoms with van der Waals surface area (Å²) in [7, 11) is 0. The van der Waals surface area contributed by atoms with Gasteiger partial charge in [0.15, 0.2) is 0 Å². The number of guanidine groups is 1. The third-order valence-electron chi connectivity index (χ3n) is 2.81. The molecule has 0 aliphatic heterocycles. The van der Waals surface area contributed by atoms with Crippen molar-refractivity contribution in [1.29, 1.82) is 0 Å². The van der Waals surface area contributed by atoms with Crippen LogP contribution in [0, 0.1) is 0 Å². The molecule has 0 unspecified atom stereocenters. The van der Waals surface area contributed by atoms with E-state index in [0.29, 0.717) is 6.04 Å². The number of hydrogen-bond acceptors (Lipinski definition) is 3. The third kappa shape index (κ3) is 3.44. The second-order valence-electron chi connectivity index (χ2n) is 4.34. The smallest absolute Gasteiger partial charge is 0.208 e. The van der Waals surface area contributed by atoms with Crippen LogP contribution in [0.4, 0.5) is 0 Å². The Labute approximate surface area is 107 Å². The highest BCUT2D eigenvalue weighted by atomic mass is 32.1. The molecule has 0 bridgehead atoms. The van der Waals surface area contributed by atoms with Crippen LogP contribution in [0.1, 0.15) is 31.7 Å². The van der Waals surface area contributed by atoms with Gasteiger partial charge in [0, 0.05) is 19.1 Å². The van der Waals surface area contributed by atoms with Gasteiger partial charge in [0.25, 0.3) is 0 Å². The first-order valence-electron chi connectivity index (χ1n) is 6.14. The Morgan fingerprint density at radius 3 is 3.00 bits per heavy atom. The molecule has 94 valence electrons. The summed E-state index contributed by atoms with van der Waals surface area (Å²) in [6, 6.07) is 2.77. The summed E-state index contributed by atoms with van der Waals surface area (Å²) in [5.41, 5.74) is 4.08. The van der Waals surface area contributed by atoms with Gasteiger partial charge in [-0.3, -0.25) is 10.4 Å². The maximum Gasteiger partial charge on any atom is 0.208 e. The number of aliphatic imine (C=N–C) groups is 1. The van der Waals surface area contributed by atoms with Crippen molar-refractivity contribution >= 4 is 17.3 Å². The second kappa shape index (κ2) is 6.02. The van der Waals surface area contributed by atoms with Crippen molar-refractivity contribution in [2.45, 2.75) is 38.8 Å². The molecule has 3 N–H and O–H groups in total. The van der Waals surface area contributed by atoms with Crippen LogP contribution in [-0.2, 0) is 6.54 Å². The minimum absolute atomic E-state index is 0.613. The van der Waals surface area contributed by atoms with Crippen LogP contribution in [0.3, 0.4) is 0 Å². The topological polar surface area (TPSA) is 53.6 Å². The number of nitrogens with two attached hydrogens (primary N) is 1. The maximum atomic E-state index is 5.59. The van der Waals surface area contributed by atoms with Crippen LogP contribution in [0.5, 0.6) is 0 Å². The molecule has 1 saturated carbocycles. The monoisotopic (exact) mass is 252 g/mol. The van der Waals surface area contributed by atoms with Crippen molar-refractivity contribution < 1.29 is 0 Å². The molecular weight excluding hydrogens is 232 g/mol. The Balaban J connectivity index is 2.04. The summed E-state index contributed by atoms with van der Waals surface area (Å²) in [4.78, 5) is 6.80. The van der Waals surface area contributed by atoms with Crippen LogP contribution in [0.15, 0.2) is 21.8 Å². The molecule has 2 rings (SSSR count). The third-order valence-corrected chi connectivity index (χ3v) is 3.54. The molecule has 1 aromatic heterocycles. The summed E-state index contributed by atoms with van der Waals surface area (Å²) >= 11 is 1.73. The number of nitrogens with one attached hydrogen (secondary N) is 1. The van der Waals surface area contributed by atoms with Crippen molar-refractivity contribution in [1.82, 2.24) is 10.3 Å². The van der Waals surface area contributed by atoms with E-state index in [1.165, 1.54) is 18.4 Å². The number of thiophene rings is 1. The first-order chi connectivity index (χ1) is 8.35. The van der Waals surface area contributed by atoms with Crippen LogP contribution >= 0.6 is 11.3 Å². The fraction of sp³-hybridized carbons (Fsp3) is 0.583. The van der Waals surface area contributed by atoms with Gasteiger partial charge in [-0.05, 0) is 41.7 Å². The zero-order chi connectivity index (χ0) is 12.1. The molecule has 0 aromatic carbocycles. The lowest BCUT2D eigenvalue weighted by Crippen LogP contribution is -2.45. The first-order valence-corrected chi connectivity index (χ1v) is 7.08. The van der Waals surface area contributed by atoms with E-state index in [1.807, 2.05) is 0 Å². The van der Waals surface area contributed by atoms with Crippen molar-refractivity contribution in [3.8, 4) is 0 Å². The molecular formula is C12H20N4S. The van der Waals surface area contributed by atoms with Gasteiger partial charge in [-0.25, -0.2) is 5.84 Å². The van der Waals surface area contributed by atoms with Gasteiger partial charge >= 0.3 is 0 Å². The Morgan fingerprint density at radius 2 is 2.47 bits per heavy atom. The minimum atomic E-state index is 0.613. The van der Waals surface area contributed by atoms with Gasteiger partial charge in [-0.2, -0.15) is 11.3 Å². The number of hydrogen-bond donors (Lipinski definition) is 2. The van der Waals surface area contributed by atoms with Crippen molar-refractivity contribution in [2.24, 2.45) is 10.8 Å². The Bertz CT molecular complexity index is 357. The second-order valence-corrected chi connectivity index (χ2v) is 5.12. The summed E-state index contributed by atoms with van der Waals surface area (Å²) in [5, 5.41) is 4.29. The van der Waals surface area contributed by atoms with Gasteiger partial charge in [-0.1, -0.05) is 6.92 Å². The molecule has 0 atom stereocenters. The Kier molecular flexibility index (Phi) is 4.39. The van der Waals surface area contributed by atoms with Crippen LogP contribution in [0.25, 0.3) is 0 Å². The van der Waals surface area contributed by atoms with Gasteiger partial charge in [0.05, 0.1) is 0 Å². The number of hydrazine groups is 1. The summed E-state index contributed by atoms with van der Waals surface area (Å²) in [6.45, 7) is 3.85. The molecule has 0 amide bonds. The zero-order valence-electron chi connectivity index (χ0n) is 10.2. The molecule has 1 fully saturated rings. The quantitative estimate of drug-likeness (QED) is 0.364. The highest BCUT2D eigenvalue weighted by Crippen LogP contribution is 2.28. The molecule has 4 nitrogen and oxygen atoms in total. The van der Waals surface area contributed by atoms with E-state index in [-0.39, 0.29) is 0 Å². The normalized spacial score (nSPS) is 16.0. The lowest BCUT2D eigenvalue weighted by atomic mass is 10.3. The molecule has 0 spiro atoms. The molecule has 1 aliphatic rings. The summed E-state index contributed by atoms with van der Waals surface area (Å²) in [6.07, 6.45) is 3.54. The molecule has 5 heteroatoms. The lowest BCUT2D eigenvalue weighted by molar-refractivity contribution is 0.387. The zero-order valence-corrected chi connectivity index (χ0v) is 11.0. The van der Waals surface area contributed by atoms with E-state index in [0.717, 1.165) is 25.5 Å². The summed E-state index contributed by atoms with van der Waals surface area (Å²) < 4.78 is 0. The van der Waals surface area contributed by atoms with Crippen LogP contribution < -0.4 is 11.3 Å². The standard InChI is InChI=1S/C12H20N4S/c1-2-6-14-12(15-13)16(11-3-4-11)8-10-5-7-17-9-10/h5,7,9,11H,2-4,6,8,13H2,1H3,(H,14,15). The number of rotatable bonds is 5. The maximum absolute atomic E-state index is 5.59. The van der Waals surface area contributed by atoms with Gasteiger partial charge in [0.1, 0.15) is 0 Å². The molecule has 17 heavy (non-hydrogen) atoms. The highest BCUT2D eigenvalue weighted by Gasteiger charge is 2.31. The molecule has 1 aromatic rings. The predicted molar refractivity (Wildman–Crippen MR) is 72.8 cm³/mol. The summed E-state index contributed by atoms with van der Waals surface area (Å²) in [5.74, 6) is 6.42. The Morgan fingerprint density at radius 1 is 1.65 bits per heavy atom. The minimum Gasteiger partial charge on any atom is -0.335 e. The Hall–Kier alpha value is -1.07. The molecule has 1 aliphatic carbocycles. The van der Waals surface area contributed by atoms with Gasteiger partial charge in [0.2, 0.25) is 5.96 Å². The van der Waals surface area contributed by atoms with E-state index in [9.17, 15) is 0 Å². The van der Waals surface area contributed by atoms with Crippen molar-refractivity contribution in [2.75, 3.05) is 6.54 Å². The fourth-order valence-corrected chi connectivity index (χ4v) is 2.44. The van der Waals surface area contributed by atoms with Crippen molar-refractivity contribution in [3.05, 3.63) is 22.4 Å². The average Bonchev–Trinajstić information content (AvgIpc) is 3.06. The van der Waals surface area contributed by atoms with E-state index in [2.05, 4.69) is 39.1 Å². The SMILES string of the molecule is CCCN=C(NN)N(Cc1ccsc1)C1CC1. The van der Waals surface area contributed by atoms with Crippen LogP contribution in [-0.4, -0.2) is 23.4 Å². The van der Waals surface area contributed by atoms with E-state index >= 15 is 0 Å². The van der Waals surface area contributed by atoms with E-state index < -0.39 is 0 Å². The van der Waals surface area contributed by atoms with Gasteiger partial charge in [-0.15, -0.1) is 0 Å². The number of nitrogens with zero attached hydrogens (tertiary/aromatic N) is 2. The average molecular weight is 252 g/mol.